The van der Waals surface area contributed by atoms with E-state index in [2.05, 4.69) is 15.5 Å². The molecule has 8 nitrogen and oxygen atoms in total. The number of carbonyl (C=O) groups is 3. The maximum absolute atomic E-state index is 13.6. The van der Waals surface area contributed by atoms with Crippen LogP contribution in [0.3, 0.4) is 0 Å². The molecule has 2 N–H and O–H groups in total. The lowest BCUT2D eigenvalue weighted by Crippen LogP contribution is -2.50. The van der Waals surface area contributed by atoms with E-state index >= 15 is 0 Å². The van der Waals surface area contributed by atoms with Crippen LogP contribution >= 0.6 is 0 Å². The van der Waals surface area contributed by atoms with Crippen molar-refractivity contribution in [2.75, 3.05) is 54.8 Å². The number of piperidine rings is 1. The summed E-state index contributed by atoms with van der Waals surface area (Å²) in [6.45, 7) is 5.93. The van der Waals surface area contributed by atoms with E-state index in [9.17, 15) is 14.4 Å². The van der Waals surface area contributed by atoms with E-state index in [0.29, 0.717) is 37.4 Å². The Balaban J connectivity index is 1.29. The number of benzene rings is 2. The highest BCUT2D eigenvalue weighted by Gasteiger charge is 2.29. The highest BCUT2D eigenvalue weighted by molar-refractivity contribution is 6.02. The van der Waals surface area contributed by atoms with Crippen LogP contribution in [0.1, 0.15) is 54.4 Å². The second kappa shape index (κ2) is 11.2. The number of hydrogen-bond donors (Lipinski definition) is 2. The number of anilines is 3. The molecule has 2 saturated heterocycles. The minimum Gasteiger partial charge on any atom is -0.367 e. The van der Waals surface area contributed by atoms with Gasteiger partial charge in [-0.25, -0.2) is 4.79 Å². The zero-order chi connectivity index (χ0) is 25.8. The van der Waals surface area contributed by atoms with Crippen LogP contribution in [0.2, 0.25) is 0 Å². The highest BCUT2D eigenvalue weighted by atomic mass is 16.2. The Bertz CT molecular complexity index is 1150. The molecule has 2 heterocycles. The third-order valence-electron chi connectivity index (χ3n) is 7.79. The standard InChI is InChI=1S/C29H37N5O3/c1-21-7-5-10-23(19-21)31-29(37)34-17-15-32(16-18-34)26-12-11-24(30-27(35)22-8-6-9-22)20-25(26)28(36)33-13-3-2-4-14-33/h5,7,10-12,19-20,22H,2-4,6,8-9,13-18H2,1H3,(H,30,35)(H,31,37). The van der Waals surface area contributed by atoms with Crippen LogP contribution in [-0.2, 0) is 4.79 Å². The molecule has 2 aromatic rings. The quantitative estimate of drug-likeness (QED) is 0.619. The Labute approximate surface area is 219 Å². The SMILES string of the molecule is Cc1cccc(NC(=O)N2CCN(c3ccc(NC(=O)C4CCC4)cc3C(=O)N3CCCCC3)CC2)c1. The van der Waals surface area contributed by atoms with Crippen molar-refractivity contribution in [1.82, 2.24) is 9.80 Å². The van der Waals surface area contributed by atoms with E-state index in [1.807, 2.05) is 59.2 Å². The summed E-state index contributed by atoms with van der Waals surface area (Å²) in [5.74, 6) is 0.151. The number of hydrogen-bond acceptors (Lipinski definition) is 4. The molecule has 2 aliphatic heterocycles. The molecule has 0 atom stereocenters. The number of rotatable bonds is 5. The second-order valence-corrected chi connectivity index (χ2v) is 10.5. The number of carbonyl (C=O) groups excluding carboxylic acids is 3. The first-order valence-corrected chi connectivity index (χ1v) is 13.6. The molecule has 37 heavy (non-hydrogen) atoms. The third kappa shape index (κ3) is 5.89. The number of aryl methyl sites for hydroxylation is 1. The first-order valence-electron chi connectivity index (χ1n) is 13.6. The molecule has 5 rings (SSSR count). The maximum Gasteiger partial charge on any atom is 0.321 e. The fraction of sp³-hybridized carbons (Fsp3) is 0.483. The predicted octanol–water partition coefficient (Wildman–Crippen LogP) is 4.71. The highest BCUT2D eigenvalue weighted by Crippen LogP contribution is 2.31. The van der Waals surface area contributed by atoms with Crippen molar-refractivity contribution in [1.29, 1.82) is 0 Å². The van der Waals surface area contributed by atoms with Crippen molar-refractivity contribution in [2.24, 2.45) is 5.92 Å². The van der Waals surface area contributed by atoms with E-state index in [0.717, 1.165) is 68.6 Å². The van der Waals surface area contributed by atoms with Gasteiger partial charge in [-0.15, -0.1) is 0 Å². The number of nitrogens with one attached hydrogen (secondary N) is 2. The minimum absolute atomic E-state index is 0.0223. The van der Waals surface area contributed by atoms with Gasteiger partial charge in [0.2, 0.25) is 5.91 Å². The number of amides is 4. The van der Waals surface area contributed by atoms with E-state index < -0.39 is 0 Å². The van der Waals surface area contributed by atoms with Crippen LogP contribution in [0.5, 0.6) is 0 Å². The van der Waals surface area contributed by atoms with Gasteiger partial charge >= 0.3 is 6.03 Å². The monoisotopic (exact) mass is 503 g/mol. The molecule has 0 unspecified atom stereocenters. The van der Waals surface area contributed by atoms with Crippen molar-refractivity contribution < 1.29 is 14.4 Å². The lowest BCUT2D eigenvalue weighted by atomic mass is 9.85. The molecule has 3 aliphatic rings. The Kier molecular flexibility index (Phi) is 7.63. The predicted molar refractivity (Wildman–Crippen MR) is 146 cm³/mol. The lowest BCUT2D eigenvalue weighted by Gasteiger charge is -2.37. The van der Waals surface area contributed by atoms with Gasteiger partial charge in [0.05, 0.1) is 5.56 Å². The molecule has 0 bridgehead atoms. The Hall–Kier alpha value is -3.55. The van der Waals surface area contributed by atoms with E-state index in [-0.39, 0.29) is 23.8 Å². The fourth-order valence-electron chi connectivity index (χ4n) is 5.32. The summed E-state index contributed by atoms with van der Waals surface area (Å²) < 4.78 is 0. The van der Waals surface area contributed by atoms with Crippen molar-refractivity contribution >= 4 is 34.9 Å². The molecule has 0 spiro atoms. The summed E-state index contributed by atoms with van der Waals surface area (Å²) in [6, 6.07) is 13.4. The van der Waals surface area contributed by atoms with E-state index in [1.54, 1.807) is 0 Å². The second-order valence-electron chi connectivity index (χ2n) is 10.5. The van der Waals surface area contributed by atoms with Crippen LogP contribution in [-0.4, -0.2) is 66.9 Å². The van der Waals surface area contributed by atoms with Gasteiger partial charge in [0.1, 0.15) is 0 Å². The fourth-order valence-corrected chi connectivity index (χ4v) is 5.32. The van der Waals surface area contributed by atoms with Gasteiger partial charge in [0, 0.05) is 62.2 Å². The number of likely N-dealkylation sites (tertiary alicyclic amines) is 1. The minimum atomic E-state index is -0.107. The molecule has 1 aliphatic carbocycles. The van der Waals surface area contributed by atoms with Crippen LogP contribution < -0.4 is 15.5 Å². The first kappa shape index (κ1) is 25.1. The smallest absolute Gasteiger partial charge is 0.321 e. The molecule has 0 radical (unpaired) electrons. The van der Waals surface area contributed by atoms with Crippen LogP contribution in [0.15, 0.2) is 42.5 Å². The molecule has 3 fully saturated rings. The molecule has 196 valence electrons. The summed E-state index contributed by atoms with van der Waals surface area (Å²) >= 11 is 0. The van der Waals surface area contributed by atoms with Crippen molar-refractivity contribution in [2.45, 2.75) is 45.4 Å². The number of piperazine rings is 1. The third-order valence-corrected chi connectivity index (χ3v) is 7.79. The van der Waals surface area contributed by atoms with Gasteiger partial charge in [-0.2, -0.15) is 0 Å². The van der Waals surface area contributed by atoms with Crippen molar-refractivity contribution in [3.05, 3.63) is 53.6 Å². The van der Waals surface area contributed by atoms with Crippen LogP contribution in [0.25, 0.3) is 0 Å². The zero-order valence-corrected chi connectivity index (χ0v) is 21.7. The van der Waals surface area contributed by atoms with Crippen LogP contribution in [0.4, 0.5) is 21.9 Å². The molecule has 0 aromatic heterocycles. The van der Waals surface area contributed by atoms with E-state index in [4.69, 9.17) is 0 Å². The van der Waals surface area contributed by atoms with Gasteiger partial charge in [0.15, 0.2) is 0 Å². The van der Waals surface area contributed by atoms with Gasteiger partial charge in [0.25, 0.3) is 5.91 Å². The Morgan fingerprint density at radius 1 is 0.757 bits per heavy atom. The number of urea groups is 1. The van der Waals surface area contributed by atoms with Crippen molar-refractivity contribution in [3.63, 3.8) is 0 Å². The van der Waals surface area contributed by atoms with Gasteiger partial charge in [-0.1, -0.05) is 18.6 Å². The van der Waals surface area contributed by atoms with Gasteiger partial charge in [-0.05, 0) is 74.9 Å². The molecular weight excluding hydrogens is 466 g/mol. The number of nitrogens with zero attached hydrogens (tertiary/aromatic N) is 3. The van der Waals surface area contributed by atoms with E-state index in [1.165, 1.54) is 0 Å². The molecular formula is C29H37N5O3. The maximum atomic E-state index is 13.6. The molecule has 8 heteroatoms. The molecule has 4 amide bonds. The van der Waals surface area contributed by atoms with Crippen LogP contribution in [0, 0.1) is 12.8 Å². The topological polar surface area (TPSA) is 85.0 Å². The summed E-state index contributed by atoms with van der Waals surface area (Å²) in [4.78, 5) is 44.9. The lowest BCUT2D eigenvalue weighted by molar-refractivity contribution is -0.122. The average Bonchev–Trinajstić information content (AvgIpc) is 2.88. The summed E-state index contributed by atoms with van der Waals surface area (Å²) in [5.41, 5.74) is 4.07. The zero-order valence-electron chi connectivity index (χ0n) is 21.7. The van der Waals surface area contributed by atoms with Gasteiger partial charge < -0.3 is 25.3 Å². The van der Waals surface area contributed by atoms with Crippen molar-refractivity contribution in [3.8, 4) is 0 Å². The molecule has 2 aromatic carbocycles. The Morgan fingerprint density at radius 2 is 1.49 bits per heavy atom. The summed E-state index contributed by atoms with van der Waals surface area (Å²) in [7, 11) is 0. The first-order chi connectivity index (χ1) is 18.0. The summed E-state index contributed by atoms with van der Waals surface area (Å²) in [6.07, 6.45) is 6.17. The summed E-state index contributed by atoms with van der Waals surface area (Å²) in [5, 5.41) is 6.02. The Morgan fingerprint density at radius 3 is 2.16 bits per heavy atom. The average molecular weight is 504 g/mol. The largest absolute Gasteiger partial charge is 0.367 e. The molecule has 1 saturated carbocycles. The van der Waals surface area contributed by atoms with Gasteiger partial charge in [-0.3, -0.25) is 9.59 Å². The normalized spacial score (nSPS) is 18.2.